The first-order chi connectivity index (χ1) is 14.7. The fourth-order valence-electron chi connectivity index (χ4n) is 2.97. The van der Waals surface area contributed by atoms with Gasteiger partial charge in [0, 0.05) is 17.9 Å². The zero-order valence-electron chi connectivity index (χ0n) is 17.5. The van der Waals surface area contributed by atoms with Crippen LogP contribution < -0.4 is 20.1 Å². The van der Waals surface area contributed by atoms with Gasteiger partial charge in [0.15, 0.2) is 18.1 Å². The SMILES string of the molecule is CCOc1cc(CNc2ccc(CC)cc2)ccc1OCC(=O)Nc1ccccc1. The van der Waals surface area contributed by atoms with Crippen molar-refractivity contribution in [3.63, 3.8) is 0 Å². The minimum Gasteiger partial charge on any atom is -0.490 e. The summed E-state index contributed by atoms with van der Waals surface area (Å²) in [6, 6.07) is 23.5. The van der Waals surface area contributed by atoms with Gasteiger partial charge in [-0.1, -0.05) is 43.3 Å². The quantitative estimate of drug-likeness (QED) is 0.483. The lowest BCUT2D eigenvalue weighted by Crippen LogP contribution is -2.20. The van der Waals surface area contributed by atoms with Crippen molar-refractivity contribution < 1.29 is 14.3 Å². The number of hydrogen-bond donors (Lipinski definition) is 2. The van der Waals surface area contributed by atoms with E-state index in [2.05, 4.69) is 41.8 Å². The van der Waals surface area contributed by atoms with Crippen LogP contribution in [0.5, 0.6) is 11.5 Å². The van der Waals surface area contributed by atoms with E-state index in [1.807, 2.05) is 55.5 Å². The predicted molar refractivity (Wildman–Crippen MR) is 121 cm³/mol. The number of hydrogen-bond acceptors (Lipinski definition) is 4. The number of para-hydroxylation sites is 1. The summed E-state index contributed by atoms with van der Waals surface area (Å²) in [6.07, 6.45) is 1.03. The molecule has 30 heavy (non-hydrogen) atoms. The summed E-state index contributed by atoms with van der Waals surface area (Å²) in [5.41, 5.74) is 4.20. The van der Waals surface area contributed by atoms with E-state index in [-0.39, 0.29) is 12.5 Å². The molecule has 0 saturated carbocycles. The average Bonchev–Trinajstić information content (AvgIpc) is 2.78. The molecule has 0 aliphatic heterocycles. The van der Waals surface area contributed by atoms with E-state index in [1.54, 1.807) is 0 Å². The minimum absolute atomic E-state index is 0.0870. The van der Waals surface area contributed by atoms with Crippen molar-refractivity contribution in [2.24, 2.45) is 0 Å². The van der Waals surface area contributed by atoms with E-state index in [1.165, 1.54) is 5.56 Å². The first kappa shape index (κ1) is 21.2. The van der Waals surface area contributed by atoms with Crippen molar-refractivity contribution in [1.82, 2.24) is 0 Å². The van der Waals surface area contributed by atoms with Crippen molar-refractivity contribution in [1.29, 1.82) is 0 Å². The Balaban J connectivity index is 1.58. The molecule has 0 unspecified atom stereocenters. The number of anilines is 2. The molecule has 0 aliphatic carbocycles. The lowest BCUT2D eigenvalue weighted by atomic mass is 10.1. The summed E-state index contributed by atoms with van der Waals surface area (Å²) in [5.74, 6) is 0.965. The van der Waals surface area contributed by atoms with Crippen LogP contribution in [0.25, 0.3) is 0 Å². The third-order valence-corrected chi connectivity index (χ3v) is 4.58. The first-order valence-electron chi connectivity index (χ1n) is 10.2. The highest BCUT2D eigenvalue weighted by Gasteiger charge is 2.10. The molecule has 0 heterocycles. The van der Waals surface area contributed by atoms with Crippen molar-refractivity contribution in [3.8, 4) is 11.5 Å². The Morgan fingerprint density at radius 3 is 2.23 bits per heavy atom. The van der Waals surface area contributed by atoms with Crippen LogP contribution in [0.2, 0.25) is 0 Å². The van der Waals surface area contributed by atoms with Crippen LogP contribution in [-0.2, 0) is 17.8 Å². The van der Waals surface area contributed by atoms with E-state index in [4.69, 9.17) is 9.47 Å². The number of rotatable bonds is 10. The van der Waals surface area contributed by atoms with Crippen molar-refractivity contribution >= 4 is 17.3 Å². The second-order valence-corrected chi connectivity index (χ2v) is 6.82. The molecule has 1 amide bonds. The molecule has 0 atom stereocenters. The second kappa shape index (κ2) is 10.9. The standard InChI is InChI=1S/C25H28N2O3/c1-3-19-10-13-21(14-11-19)26-17-20-12-15-23(24(16-20)29-4-2)30-18-25(28)27-22-8-6-5-7-9-22/h5-16,26H,3-4,17-18H2,1-2H3,(H,27,28). The van der Waals surface area contributed by atoms with Crippen molar-refractivity contribution in [2.45, 2.75) is 26.8 Å². The highest BCUT2D eigenvalue weighted by Crippen LogP contribution is 2.29. The smallest absolute Gasteiger partial charge is 0.262 e. The molecule has 0 spiro atoms. The fourth-order valence-corrected chi connectivity index (χ4v) is 2.97. The van der Waals surface area contributed by atoms with Gasteiger partial charge in [-0.3, -0.25) is 4.79 Å². The van der Waals surface area contributed by atoms with E-state index >= 15 is 0 Å². The van der Waals surface area contributed by atoms with Gasteiger partial charge >= 0.3 is 0 Å². The van der Waals surface area contributed by atoms with Gasteiger partial charge < -0.3 is 20.1 Å². The molecular weight excluding hydrogens is 376 g/mol. The molecule has 5 nitrogen and oxygen atoms in total. The van der Waals surface area contributed by atoms with E-state index < -0.39 is 0 Å². The molecule has 3 aromatic carbocycles. The molecule has 0 radical (unpaired) electrons. The zero-order chi connectivity index (χ0) is 21.2. The highest BCUT2D eigenvalue weighted by atomic mass is 16.5. The number of amides is 1. The van der Waals surface area contributed by atoms with Gasteiger partial charge in [0.05, 0.1) is 6.61 Å². The maximum Gasteiger partial charge on any atom is 0.262 e. The van der Waals surface area contributed by atoms with Crippen molar-refractivity contribution in [2.75, 3.05) is 23.8 Å². The largest absolute Gasteiger partial charge is 0.490 e. The topological polar surface area (TPSA) is 59.6 Å². The van der Waals surface area contributed by atoms with Crippen LogP contribution in [0.4, 0.5) is 11.4 Å². The Morgan fingerprint density at radius 1 is 0.800 bits per heavy atom. The Hall–Kier alpha value is -3.47. The number of nitrogens with one attached hydrogen (secondary N) is 2. The van der Waals surface area contributed by atoms with Gasteiger partial charge in [0.1, 0.15) is 0 Å². The molecule has 0 fully saturated rings. The summed E-state index contributed by atoms with van der Waals surface area (Å²) in [5, 5.41) is 6.22. The van der Waals surface area contributed by atoms with Crippen LogP contribution in [0.1, 0.15) is 25.0 Å². The van der Waals surface area contributed by atoms with Crippen LogP contribution in [0.15, 0.2) is 72.8 Å². The van der Waals surface area contributed by atoms with E-state index in [9.17, 15) is 4.79 Å². The average molecular weight is 405 g/mol. The second-order valence-electron chi connectivity index (χ2n) is 6.82. The Bertz CT molecular complexity index is 940. The van der Waals surface area contributed by atoms with Gasteiger partial charge in [0.25, 0.3) is 5.91 Å². The monoisotopic (exact) mass is 404 g/mol. The molecule has 0 bridgehead atoms. The minimum atomic E-state index is -0.218. The first-order valence-corrected chi connectivity index (χ1v) is 10.2. The zero-order valence-corrected chi connectivity index (χ0v) is 17.5. The van der Waals surface area contributed by atoms with Gasteiger partial charge in [-0.15, -0.1) is 0 Å². The lowest BCUT2D eigenvalue weighted by molar-refractivity contribution is -0.118. The molecule has 0 saturated heterocycles. The Kier molecular flexibility index (Phi) is 7.72. The van der Waals surface area contributed by atoms with Crippen LogP contribution >= 0.6 is 0 Å². The molecule has 0 aliphatic rings. The summed E-state index contributed by atoms with van der Waals surface area (Å²) < 4.78 is 11.4. The summed E-state index contributed by atoms with van der Waals surface area (Å²) >= 11 is 0. The van der Waals surface area contributed by atoms with Crippen LogP contribution in [0, 0.1) is 0 Å². The van der Waals surface area contributed by atoms with Crippen LogP contribution in [-0.4, -0.2) is 19.1 Å². The number of carbonyl (C=O) groups is 1. The highest BCUT2D eigenvalue weighted by molar-refractivity contribution is 5.91. The third kappa shape index (κ3) is 6.27. The van der Waals surface area contributed by atoms with Gasteiger partial charge in [-0.25, -0.2) is 0 Å². The molecule has 3 aromatic rings. The number of carbonyl (C=O) groups excluding carboxylic acids is 1. The lowest BCUT2D eigenvalue weighted by Gasteiger charge is -2.14. The number of aryl methyl sites for hydroxylation is 1. The summed E-state index contributed by atoms with van der Waals surface area (Å²) in [4.78, 5) is 12.1. The maximum absolute atomic E-state index is 12.1. The molecular formula is C25H28N2O3. The Morgan fingerprint density at radius 2 is 1.53 bits per heavy atom. The number of benzene rings is 3. The van der Waals surface area contributed by atoms with E-state index in [0.29, 0.717) is 24.7 Å². The van der Waals surface area contributed by atoms with Crippen molar-refractivity contribution in [3.05, 3.63) is 83.9 Å². The van der Waals surface area contributed by atoms with Gasteiger partial charge in [-0.05, 0) is 60.9 Å². The van der Waals surface area contributed by atoms with Gasteiger partial charge in [0.2, 0.25) is 0 Å². The third-order valence-electron chi connectivity index (χ3n) is 4.58. The molecule has 156 valence electrons. The Labute approximate surface area is 178 Å². The van der Waals surface area contributed by atoms with Crippen LogP contribution in [0.3, 0.4) is 0 Å². The molecule has 5 heteroatoms. The fraction of sp³-hybridized carbons (Fsp3) is 0.240. The van der Waals surface area contributed by atoms with Gasteiger partial charge in [-0.2, -0.15) is 0 Å². The molecule has 2 N–H and O–H groups in total. The molecule has 3 rings (SSSR count). The normalized spacial score (nSPS) is 10.3. The predicted octanol–water partition coefficient (Wildman–Crippen LogP) is 5.28. The summed E-state index contributed by atoms with van der Waals surface area (Å²) in [6.45, 7) is 5.16. The molecule has 0 aromatic heterocycles. The number of ether oxygens (including phenoxy) is 2. The summed E-state index contributed by atoms with van der Waals surface area (Å²) in [7, 11) is 0. The van der Waals surface area contributed by atoms with E-state index in [0.717, 1.165) is 23.4 Å². The maximum atomic E-state index is 12.1.